The van der Waals surface area contributed by atoms with Crippen LogP contribution in [-0.2, 0) is 15.0 Å². The molecule has 1 N–H and O–H groups in total. The van der Waals surface area contributed by atoms with Crippen LogP contribution in [0, 0.1) is 11.3 Å². The molecule has 0 aromatic heterocycles. The molecule has 1 aliphatic heterocycles. The van der Waals surface area contributed by atoms with Gasteiger partial charge in [-0.25, -0.2) is 0 Å². The first kappa shape index (κ1) is 39.8. The van der Waals surface area contributed by atoms with E-state index in [1.54, 1.807) is 13.8 Å². The number of hydrogen-bond donors (Lipinski definition) is 1. The summed E-state index contributed by atoms with van der Waals surface area (Å²) in [4.78, 5) is 10.7. The zero-order chi connectivity index (χ0) is 29.6. The molecule has 1 aliphatic rings. The van der Waals surface area contributed by atoms with Gasteiger partial charge in [-0.1, -0.05) is 77.0 Å². The number of unbranched alkanes of at least 4 members (excludes halogenated alkanes) is 13. The molecule has 1 heterocycles. The zero-order valence-electron chi connectivity index (χ0n) is 26.6. The van der Waals surface area contributed by atoms with Crippen LogP contribution >= 0.6 is 0 Å². The Balaban J connectivity index is 0.0000152. The summed E-state index contributed by atoms with van der Waals surface area (Å²) in [7, 11) is -3.80. The average molecular weight is 594 g/mol. The monoisotopic (exact) mass is 593 g/mol. The molecule has 0 unspecified atom stereocenters. The first-order valence-electron chi connectivity index (χ1n) is 15.2. The van der Waals surface area contributed by atoms with Crippen molar-refractivity contribution in [2.45, 2.75) is 173 Å². The smallest absolute Gasteiger partial charge is 0.862 e. The van der Waals surface area contributed by atoms with E-state index in [0.29, 0.717) is 12.8 Å². The first-order valence-corrected chi connectivity index (χ1v) is 16.8. The van der Waals surface area contributed by atoms with Gasteiger partial charge in [0.15, 0.2) is 5.60 Å². The van der Waals surface area contributed by atoms with Crippen LogP contribution in [0.2, 0.25) is 0 Å². The maximum atomic E-state index is 12.6. The largest absolute Gasteiger partial charge is 1.00 e. The van der Waals surface area contributed by atoms with Crippen molar-refractivity contribution >= 4 is 16.0 Å². The van der Waals surface area contributed by atoms with E-state index in [4.69, 9.17) is 9.39 Å². The third-order valence-electron chi connectivity index (χ3n) is 7.53. The minimum Gasteiger partial charge on any atom is -0.862 e. The fraction of sp³-hybridized carbons (Fsp3) is 0.933. The Hall–Kier alpha value is -0.210. The van der Waals surface area contributed by atoms with E-state index in [1.165, 1.54) is 51.4 Å². The molecule has 0 aliphatic carbocycles. The fourth-order valence-corrected chi connectivity index (χ4v) is 6.32. The third kappa shape index (κ3) is 17.7. The second kappa shape index (κ2) is 19.1. The molecule has 0 aromatic carbocycles. The Kier molecular flexibility index (Phi) is 19.0. The Labute approximate surface area is 267 Å². The van der Waals surface area contributed by atoms with Gasteiger partial charge in [-0.2, -0.15) is 18.7 Å². The van der Waals surface area contributed by atoms with Gasteiger partial charge in [0.25, 0.3) is 10.1 Å². The van der Waals surface area contributed by atoms with E-state index < -0.39 is 15.7 Å². The predicted octanol–water partition coefficient (Wildman–Crippen LogP) is 3.74. The Morgan fingerprint density at radius 2 is 1.27 bits per heavy atom. The number of rotatable bonds is 20. The predicted molar refractivity (Wildman–Crippen MR) is 157 cm³/mol. The van der Waals surface area contributed by atoms with Crippen LogP contribution in [0.1, 0.15) is 151 Å². The van der Waals surface area contributed by atoms with E-state index in [2.05, 4.69) is 38.8 Å². The van der Waals surface area contributed by atoms with Gasteiger partial charge in [0.2, 0.25) is 0 Å². The van der Waals surface area contributed by atoms with Crippen molar-refractivity contribution in [3.05, 3.63) is 0 Å². The molecule has 10 heteroatoms. The molecule has 0 bridgehead atoms. The van der Waals surface area contributed by atoms with E-state index in [9.17, 15) is 18.8 Å². The van der Waals surface area contributed by atoms with Gasteiger partial charge in [0.1, 0.15) is 0 Å². The zero-order valence-corrected chi connectivity index (χ0v) is 29.5. The Bertz CT molecular complexity index is 866. The SMILES string of the molecule is CC(C)(C#N)ON1C(C)(C)CC(N=C([O-])CCCCCCCCCCCCCCCCS(=O)(=O)O)CC1(C)C.[Na+]. The normalized spacial score (nSPS) is 18.3. The van der Waals surface area contributed by atoms with Gasteiger partial charge in [-0.05, 0) is 79.5 Å². The van der Waals surface area contributed by atoms with Crippen molar-refractivity contribution < 1.29 is 52.5 Å². The van der Waals surface area contributed by atoms with Crippen molar-refractivity contribution in [3.8, 4) is 6.07 Å². The van der Waals surface area contributed by atoms with E-state index in [-0.39, 0.29) is 58.3 Å². The quantitative estimate of drug-likeness (QED) is 0.0749. The number of piperidine rings is 1. The molecule has 1 rings (SSSR count). The van der Waals surface area contributed by atoms with Gasteiger partial charge in [0.05, 0.1) is 17.9 Å². The number of nitriles is 1. The van der Waals surface area contributed by atoms with E-state index in [0.717, 1.165) is 44.9 Å². The summed E-state index contributed by atoms with van der Waals surface area (Å²) in [5, 5.41) is 23.9. The summed E-state index contributed by atoms with van der Waals surface area (Å²) in [6, 6.07) is 2.18. The summed E-state index contributed by atoms with van der Waals surface area (Å²) in [6.45, 7) is 11.9. The molecule has 1 fully saturated rings. The average Bonchev–Trinajstić information content (AvgIpc) is 2.80. The second-order valence-electron chi connectivity index (χ2n) is 13.2. The molecular weight excluding hydrogens is 537 g/mol. The van der Waals surface area contributed by atoms with Gasteiger partial charge >= 0.3 is 29.6 Å². The summed E-state index contributed by atoms with van der Waals surface area (Å²) < 4.78 is 30.0. The van der Waals surface area contributed by atoms with Crippen LogP contribution in [0.4, 0.5) is 0 Å². The van der Waals surface area contributed by atoms with Crippen LogP contribution in [0.3, 0.4) is 0 Å². The standard InChI is InChI=1S/C30H57N3O5S.Na/c1-28(2)23-26(24-29(3,4)33(28)38-30(5,6)25-31)32-27(34)21-19-17-15-13-11-9-7-8-10-12-14-16-18-20-22-39(35,36)37;/h26H,7-24H2,1-6H3,(H,32,34)(H,35,36,37);/q;+1/p-1. The molecule has 0 spiro atoms. The molecule has 40 heavy (non-hydrogen) atoms. The van der Waals surface area contributed by atoms with Crippen molar-refractivity contribution in [2.75, 3.05) is 5.75 Å². The van der Waals surface area contributed by atoms with Gasteiger partial charge in [-0.15, -0.1) is 0 Å². The summed E-state index contributed by atoms with van der Waals surface area (Å²) >= 11 is 0. The molecule has 0 amide bonds. The molecule has 228 valence electrons. The van der Waals surface area contributed by atoms with Crippen molar-refractivity contribution in [1.29, 1.82) is 5.26 Å². The maximum Gasteiger partial charge on any atom is 1.00 e. The summed E-state index contributed by atoms with van der Waals surface area (Å²) in [6.07, 6.45) is 17.4. The molecule has 8 nitrogen and oxygen atoms in total. The topological polar surface area (TPSA) is 126 Å². The summed E-state index contributed by atoms with van der Waals surface area (Å²) in [5.41, 5.74) is -1.58. The van der Waals surface area contributed by atoms with E-state index >= 15 is 0 Å². The molecule has 0 aromatic rings. The fourth-order valence-electron chi connectivity index (χ4n) is 5.75. The third-order valence-corrected chi connectivity index (χ3v) is 8.33. The summed E-state index contributed by atoms with van der Waals surface area (Å²) in [5.74, 6) is -0.104. The van der Waals surface area contributed by atoms with Crippen LogP contribution in [-0.4, -0.2) is 52.4 Å². The van der Waals surface area contributed by atoms with Gasteiger partial charge in [0, 0.05) is 11.1 Å². The van der Waals surface area contributed by atoms with Crippen molar-refractivity contribution in [1.82, 2.24) is 5.06 Å². The first-order chi connectivity index (χ1) is 18.1. The maximum absolute atomic E-state index is 12.6. The van der Waals surface area contributed by atoms with Crippen molar-refractivity contribution in [3.63, 3.8) is 0 Å². The molecule has 0 radical (unpaired) electrons. The van der Waals surface area contributed by atoms with E-state index in [1.807, 2.05) is 5.06 Å². The molecular formula is C30H56N3NaO5S. The van der Waals surface area contributed by atoms with Crippen LogP contribution in [0.25, 0.3) is 0 Å². The van der Waals surface area contributed by atoms with Crippen molar-refractivity contribution in [2.24, 2.45) is 4.99 Å². The Morgan fingerprint density at radius 1 is 0.900 bits per heavy atom. The Morgan fingerprint density at radius 3 is 1.65 bits per heavy atom. The number of hydrogen-bond acceptors (Lipinski definition) is 7. The van der Waals surface area contributed by atoms with Gasteiger partial charge in [-0.3, -0.25) is 9.39 Å². The van der Waals surface area contributed by atoms with Crippen LogP contribution in [0.15, 0.2) is 4.99 Å². The minimum atomic E-state index is -3.80. The van der Waals surface area contributed by atoms with Gasteiger partial charge < -0.3 is 10.1 Å². The number of nitrogens with zero attached hydrogens (tertiary/aromatic N) is 3. The van der Waals surface area contributed by atoms with Crippen LogP contribution in [0.5, 0.6) is 0 Å². The number of aliphatic imine (C=N–C) groups is 1. The number of hydroxylamine groups is 2. The minimum absolute atomic E-state index is 0. The molecule has 0 atom stereocenters. The van der Waals surface area contributed by atoms with Crippen LogP contribution < -0.4 is 34.7 Å². The second-order valence-corrected chi connectivity index (χ2v) is 14.8. The molecule has 0 saturated carbocycles. The molecule has 1 saturated heterocycles.